The van der Waals surface area contributed by atoms with E-state index in [9.17, 15) is 19.2 Å². The molecule has 0 radical (unpaired) electrons. The standard InChI is InChI=1S/C42H61N3O12/c1-42(2,3)57-40(48)31-36(41(49)43-17-18-51-21-22-53-25-26-55-29-30-56-28-27-54-24-23-52-20-19-50-4)44-38(46)15-16-39(47)45-32-35-11-6-5-9-33(35)13-14-34-10-7-8-12-37(34)45/h5-14,36H,15-32H2,1-4H3,(H,43,49)(H,44,46)/b14-13-/t36-/m0/s1. The van der Waals surface area contributed by atoms with Crippen molar-refractivity contribution in [3.8, 4) is 0 Å². The molecule has 3 amide bonds. The van der Waals surface area contributed by atoms with E-state index in [4.69, 9.17) is 37.9 Å². The molecule has 15 nitrogen and oxygen atoms in total. The zero-order chi connectivity index (χ0) is 41.1. The van der Waals surface area contributed by atoms with Crippen LogP contribution in [-0.2, 0) is 63.6 Å². The van der Waals surface area contributed by atoms with E-state index < -0.39 is 29.4 Å². The van der Waals surface area contributed by atoms with Gasteiger partial charge in [0, 0.05) is 26.5 Å². The zero-order valence-electron chi connectivity index (χ0n) is 33.9. The van der Waals surface area contributed by atoms with Crippen molar-refractivity contribution in [3.63, 3.8) is 0 Å². The first kappa shape index (κ1) is 47.2. The van der Waals surface area contributed by atoms with Crippen molar-refractivity contribution in [1.29, 1.82) is 0 Å². The van der Waals surface area contributed by atoms with Crippen LogP contribution < -0.4 is 15.5 Å². The molecule has 0 bridgehead atoms. The molecule has 2 N–H and O–H groups in total. The van der Waals surface area contributed by atoms with Gasteiger partial charge in [-0.2, -0.15) is 0 Å². The topological polar surface area (TPSA) is 169 Å². The molecule has 57 heavy (non-hydrogen) atoms. The Balaban J connectivity index is 1.33. The van der Waals surface area contributed by atoms with Crippen LogP contribution in [0.4, 0.5) is 5.69 Å². The van der Waals surface area contributed by atoms with Gasteiger partial charge in [-0.25, -0.2) is 0 Å². The van der Waals surface area contributed by atoms with E-state index in [0.29, 0.717) is 85.8 Å². The van der Waals surface area contributed by atoms with E-state index in [1.54, 1.807) is 32.8 Å². The first-order chi connectivity index (χ1) is 27.6. The van der Waals surface area contributed by atoms with Crippen LogP contribution >= 0.6 is 0 Å². The van der Waals surface area contributed by atoms with Crippen LogP contribution in [-0.4, -0.2) is 135 Å². The summed E-state index contributed by atoms with van der Waals surface area (Å²) in [5, 5.41) is 5.34. The Morgan fingerprint density at radius 3 is 1.75 bits per heavy atom. The number of carbonyl (C=O) groups excluding carboxylic acids is 4. The highest BCUT2D eigenvalue weighted by atomic mass is 16.6. The summed E-state index contributed by atoms with van der Waals surface area (Å²) in [7, 11) is 1.63. The third kappa shape index (κ3) is 20.2. The average Bonchev–Trinajstić information content (AvgIpc) is 3.17. The highest BCUT2D eigenvalue weighted by molar-refractivity contribution is 5.99. The molecule has 3 rings (SSSR count). The van der Waals surface area contributed by atoms with Crippen LogP contribution in [0, 0.1) is 0 Å². The second-order valence-electron chi connectivity index (χ2n) is 13.9. The van der Waals surface area contributed by atoms with E-state index in [2.05, 4.69) is 10.6 Å². The van der Waals surface area contributed by atoms with E-state index >= 15 is 0 Å². The number of fused-ring (bicyclic) bond motifs is 2. The molecule has 316 valence electrons. The molecule has 0 spiro atoms. The Hall–Kier alpha value is -4.22. The number of esters is 1. The Labute approximate surface area is 336 Å². The van der Waals surface area contributed by atoms with Crippen LogP contribution in [0.3, 0.4) is 0 Å². The molecule has 1 heterocycles. The highest BCUT2D eigenvalue weighted by Crippen LogP contribution is 2.29. The van der Waals surface area contributed by atoms with Crippen LogP contribution in [0.1, 0.15) is 56.7 Å². The van der Waals surface area contributed by atoms with Gasteiger partial charge < -0.3 is 53.4 Å². The summed E-state index contributed by atoms with van der Waals surface area (Å²) < 4.78 is 43.0. The van der Waals surface area contributed by atoms with E-state index in [0.717, 1.165) is 22.4 Å². The molecule has 2 aromatic carbocycles. The van der Waals surface area contributed by atoms with Gasteiger partial charge in [-0.1, -0.05) is 54.6 Å². The summed E-state index contributed by atoms with van der Waals surface area (Å²) in [6, 6.07) is 14.2. The number of hydrogen-bond acceptors (Lipinski definition) is 12. The molecule has 1 aliphatic heterocycles. The SMILES string of the molecule is COCCOCCOCCOCCOCCOCCOCCNC(=O)[C@H](CC(=O)OC(C)(C)C)NC(=O)CCC(=O)N1Cc2ccccc2/C=C\c2ccccc21. The summed E-state index contributed by atoms with van der Waals surface area (Å²) in [6.45, 7) is 11.2. The molecule has 0 saturated carbocycles. The molecule has 1 atom stereocenters. The van der Waals surface area contributed by atoms with Crippen molar-refractivity contribution < 1.29 is 57.1 Å². The van der Waals surface area contributed by atoms with Crippen molar-refractivity contribution in [3.05, 3.63) is 65.2 Å². The molecule has 1 aliphatic rings. The minimum absolute atomic E-state index is 0.104. The summed E-state index contributed by atoms with van der Waals surface area (Å²) in [4.78, 5) is 54.3. The number of ether oxygens (including phenoxy) is 8. The molecule has 0 saturated heterocycles. The number of hydrogen-bond donors (Lipinski definition) is 2. The summed E-state index contributed by atoms with van der Waals surface area (Å²) in [5.41, 5.74) is 2.83. The smallest absolute Gasteiger partial charge is 0.308 e. The predicted octanol–water partition coefficient (Wildman–Crippen LogP) is 3.56. The summed E-state index contributed by atoms with van der Waals surface area (Å²) in [6.07, 6.45) is 3.33. The molecule has 0 unspecified atom stereocenters. The highest BCUT2D eigenvalue weighted by Gasteiger charge is 2.28. The van der Waals surface area contributed by atoms with Crippen molar-refractivity contribution in [2.24, 2.45) is 0 Å². The van der Waals surface area contributed by atoms with Gasteiger partial charge >= 0.3 is 5.97 Å². The molecule has 0 aromatic heterocycles. The van der Waals surface area contributed by atoms with Gasteiger partial charge in [0.05, 0.1) is 105 Å². The van der Waals surface area contributed by atoms with Gasteiger partial charge in [-0.3, -0.25) is 19.2 Å². The normalized spacial score (nSPS) is 13.4. The van der Waals surface area contributed by atoms with Gasteiger partial charge in [-0.05, 0) is 43.5 Å². The lowest BCUT2D eigenvalue weighted by molar-refractivity contribution is -0.156. The van der Waals surface area contributed by atoms with Crippen molar-refractivity contribution in [1.82, 2.24) is 10.6 Å². The number of rotatable bonds is 28. The number of benzene rings is 2. The fraction of sp³-hybridized carbons (Fsp3) is 0.571. The van der Waals surface area contributed by atoms with Gasteiger partial charge in [-0.15, -0.1) is 0 Å². The third-order valence-corrected chi connectivity index (χ3v) is 8.20. The Morgan fingerprint density at radius 1 is 0.667 bits per heavy atom. The minimum atomic E-state index is -1.21. The number of amides is 3. The lowest BCUT2D eigenvalue weighted by atomic mass is 10.0. The Bertz CT molecular complexity index is 1530. The Kier molecular flexibility index (Phi) is 22.7. The monoisotopic (exact) mass is 799 g/mol. The third-order valence-electron chi connectivity index (χ3n) is 8.20. The fourth-order valence-corrected chi connectivity index (χ4v) is 5.47. The molecule has 0 aliphatic carbocycles. The lowest BCUT2D eigenvalue weighted by Gasteiger charge is -2.27. The van der Waals surface area contributed by atoms with E-state index in [-0.39, 0.29) is 38.3 Å². The Morgan fingerprint density at radius 2 is 1.18 bits per heavy atom. The molecular weight excluding hydrogens is 738 g/mol. The second-order valence-corrected chi connectivity index (χ2v) is 13.9. The van der Waals surface area contributed by atoms with Crippen LogP contribution in [0.25, 0.3) is 12.2 Å². The van der Waals surface area contributed by atoms with Crippen LogP contribution in [0.2, 0.25) is 0 Å². The van der Waals surface area contributed by atoms with Crippen LogP contribution in [0.15, 0.2) is 48.5 Å². The average molecular weight is 800 g/mol. The predicted molar refractivity (Wildman–Crippen MR) is 214 cm³/mol. The number of nitrogens with zero attached hydrogens (tertiary/aromatic N) is 1. The van der Waals surface area contributed by atoms with Gasteiger partial charge in [0.15, 0.2) is 0 Å². The van der Waals surface area contributed by atoms with Crippen LogP contribution in [0.5, 0.6) is 0 Å². The minimum Gasteiger partial charge on any atom is -0.460 e. The zero-order valence-corrected chi connectivity index (χ0v) is 33.9. The quantitative estimate of drug-likeness (QED) is 0.0950. The maximum atomic E-state index is 13.6. The van der Waals surface area contributed by atoms with E-state index in [1.807, 2.05) is 60.7 Å². The first-order valence-electron chi connectivity index (χ1n) is 19.5. The molecular formula is C42H61N3O12. The molecule has 2 aromatic rings. The number of anilines is 1. The number of carbonyl (C=O) groups is 4. The van der Waals surface area contributed by atoms with Gasteiger partial charge in [0.1, 0.15) is 11.6 Å². The number of nitrogens with one attached hydrogen (secondary N) is 2. The maximum Gasteiger partial charge on any atom is 0.308 e. The van der Waals surface area contributed by atoms with Crippen molar-refractivity contribution in [2.45, 2.75) is 58.2 Å². The van der Waals surface area contributed by atoms with Gasteiger partial charge in [0.2, 0.25) is 17.7 Å². The summed E-state index contributed by atoms with van der Waals surface area (Å²) >= 11 is 0. The first-order valence-corrected chi connectivity index (χ1v) is 19.5. The second kappa shape index (κ2) is 27.4. The maximum absolute atomic E-state index is 13.6. The molecule has 0 fully saturated rings. The number of para-hydroxylation sites is 1. The van der Waals surface area contributed by atoms with E-state index in [1.165, 1.54) is 0 Å². The van der Waals surface area contributed by atoms with Crippen molar-refractivity contribution >= 4 is 41.5 Å². The number of methoxy groups -OCH3 is 1. The largest absolute Gasteiger partial charge is 0.460 e. The fourth-order valence-electron chi connectivity index (χ4n) is 5.47. The van der Waals surface area contributed by atoms with Gasteiger partial charge in [0.25, 0.3) is 0 Å². The lowest BCUT2D eigenvalue weighted by Crippen LogP contribution is -2.49. The van der Waals surface area contributed by atoms with Crippen molar-refractivity contribution in [2.75, 3.05) is 104 Å². The molecule has 15 heteroatoms. The summed E-state index contributed by atoms with van der Waals surface area (Å²) in [5.74, 6) is -2.00.